The normalized spacial score (nSPS) is 10.1. The van der Waals surface area contributed by atoms with Gasteiger partial charge in [0.15, 0.2) is 0 Å². The van der Waals surface area contributed by atoms with Gasteiger partial charge >= 0.3 is 0 Å². The molecule has 0 bridgehead atoms. The molecule has 0 amide bonds. The Morgan fingerprint density at radius 2 is 1.75 bits per heavy atom. The highest BCUT2D eigenvalue weighted by atomic mass is 16.5. The van der Waals surface area contributed by atoms with Gasteiger partial charge in [-0.15, -0.1) is 0 Å². The van der Waals surface area contributed by atoms with Gasteiger partial charge in [-0.1, -0.05) is 0 Å². The fourth-order valence-corrected chi connectivity index (χ4v) is 0.542. The van der Waals surface area contributed by atoms with Crippen LogP contribution >= 0.6 is 0 Å². The Labute approximate surface area is 70.9 Å². The average molecular weight is 177 g/mol. The van der Waals surface area contributed by atoms with Crippen molar-refractivity contribution in [2.75, 3.05) is 33.0 Å². The number of hydrogen-bond acceptors (Lipinski definition) is 5. The van der Waals surface area contributed by atoms with Crippen molar-refractivity contribution in [2.45, 2.75) is 6.42 Å². The summed E-state index contributed by atoms with van der Waals surface area (Å²) in [5.41, 5.74) is 0. The van der Waals surface area contributed by atoms with Crippen molar-refractivity contribution in [1.82, 2.24) is 0 Å². The van der Waals surface area contributed by atoms with Crippen LogP contribution in [0.15, 0.2) is 0 Å². The molecule has 0 heterocycles. The van der Waals surface area contributed by atoms with E-state index in [0.29, 0.717) is 13.2 Å². The third kappa shape index (κ3) is 9.35. The van der Waals surface area contributed by atoms with Crippen molar-refractivity contribution in [3.63, 3.8) is 0 Å². The molecule has 1 N–H and O–H groups in total. The van der Waals surface area contributed by atoms with Crippen LogP contribution in [0.5, 0.6) is 0 Å². The molecule has 0 aliphatic carbocycles. The predicted molar refractivity (Wildman–Crippen MR) is 38.3 cm³/mol. The minimum Gasteiger partial charge on any atom is -0.550 e. The van der Waals surface area contributed by atoms with Crippen molar-refractivity contribution < 1.29 is 24.5 Å². The van der Waals surface area contributed by atoms with Crippen molar-refractivity contribution in [2.24, 2.45) is 0 Å². The van der Waals surface area contributed by atoms with Crippen molar-refractivity contribution in [3.05, 3.63) is 0 Å². The second-order valence-electron chi connectivity index (χ2n) is 2.07. The molecular weight excluding hydrogens is 164 g/mol. The number of aliphatic hydroxyl groups excluding tert-OH is 1. The number of rotatable bonds is 8. The van der Waals surface area contributed by atoms with Crippen molar-refractivity contribution >= 4 is 5.97 Å². The maximum Gasteiger partial charge on any atom is 0.0701 e. The van der Waals surface area contributed by atoms with E-state index >= 15 is 0 Å². The summed E-state index contributed by atoms with van der Waals surface area (Å²) in [5.74, 6) is -1.12. The minimum atomic E-state index is -1.12. The lowest BCUT2D eigenvalue weighted by Gasteiger charge is -2.04. The summed E-state index contributed by atoms with van der Waals surface area (Å²) < 4.78 is 9.72. The summed E-state index contributed by atoms with van der Waals surface area (Å²) in [6, 6.07) is 0. The molecule has 12 heavy (non-hydrogen) atoms. The van der Waals surface area contributed by atoms with Crippen LogP contribution in [0, 0.1) is 0 Å². The van der Waals surface area contributed by atoms with Gasteiger partial charge in [0.05, 0.1) is 33.0 Å². The zero-order chi connectivity index (χ0) is 9.23. The molecule has 0 atom stereocenters. The van der Waals surface area contributed by atoms with Crippen LogP contribution in [0.3, 0.4) is 0 Å². The van der Waals surface area contributed by atoms with Crippen LogP contribution in [0.1, 0.15) is 6.42 Å². The standard InChI is InChI=1S/C7H14O5/c8-2-4-12-6-5-11-3-1-7(9)10/h8H,1-6H2,(H,9,10)/p-1. The molecule has 0 radical (unpaired) electrons. The summed E-state index contributed by atoms with van der Waals surface area (Å²) in [4.78, 5) is 9.88. The molecule has 0 rings (SSSR count). The first-order valence-electron chi connectivity index (χ1n) is 3.73. The van der Waals surface area contributed by atoms with E-state index in [1.54, 1.807) is 0 Å². The highest BCUT2D eigenvalue weighted by Crippen LogP contribution is 1.81. The van der Waals surface area contributed by atoms with Gasteiger partial charge in [0, 0.05) is 12.4 Å². The number of carboxylic acids is 1. The van der Waals surface area contributed by atoms with Crippen molar-refractivity contribution in [3.8, 4) is 0 Å². The molecular formula is C7H13O5-. The van der Waals surface area contributed by atoms with Crippen LogP contribution < -0.4 is 5.11 Å². The lowest BCUT2D eigenvalue weighted by Crippen LogP contribution is -2.23. The highest BCUT2D eigenvalue weighted by molar-refractivity contribution is 5.64. The van der Waals surface area contributed by atoms with E-state index in [1.807, 2.05) is 0 Å². The van der Waals surface area contributed by atoms with Gasteiger partial charge in [-0.05, 0) is 0 Å². The monoisotopic (exact) mass is 177 g/mol. The Morgan fingerprint density at radius 3 is 2.25 bits per heavy atom. The number of aliphatic hydroxyl groups is 1. The lowest BCUT2D eigenvalue weighted by atomic mass is 10.5. The van der Waals surface area contributed by atoms with Gasteiger partial charge in [-0.2, -0.15) is 0 Å². The smallest absolute Gasteiger partial charge is 0.0701 e. The van der Waals surface area contributed by atoms with Crippen LogP contribution in [-0.2, 0) is 14.3 Å². The molecule has 0 aromatic heterocycles. The van der Waals surface area contributed by atoms with Gasteiger partial charge in [0.25, 0.3) is 0 Å². The third-order valence-corrected chi connectivity index (χ3v) is 1.06. The Hall–Kier alpha value is -0.650. The van der Waals surface area contributed by atoms with Gasteiger partial charge in [0.1, 0.15) is 0 Å². The topological polar surface area (TPSA) is 78.8 Å². The Balaban J connectivity index is 2.86. The summed E-state index contributed by atoms with van der Waals surface area (Å²) in [6.07, 6.45) is -0.0972. The molecule has 5 heteroatoms. The Bertz CT molecular complexity index is 114. The first kappa shape index (κ1) is 11.4. The molecule has 0 saturated carbocycles. The van der Waals surface area contributed by atoms with Gasteiger partial charge < -0.3 is 24.5 Å². The minimum absolute atomic E-state index is 0.0148. The van der Waals surface area contributed by atoms with E-state index in [9.17, 15) is 9.90 Å². The molecule has 5 nitrogen and oxygen atoms in total. The number of carboxylic acid groups (broad SMARTS) is 1. The van der Waals surface area contributed by atoms with E-state index in [1.165, 1.54) is 0 Å². The molecule has 0 aliphatic rings. The van der Waals surface area contributed by atoms with Gasteiger partial charge in [0.2, 0.25) is 0 Å². The number of carbonyl (C=O) groups is 1. The predicted octanol–water partition coefficient (Wildman–Crippen LogP) is -1.85. The molecule has 0 unspecified atom stereocenters. The van der Waals surface area contributed by atoms with Crippen LogP contribution in [0.2, 0.25) is 0 Å². The summed E-state index contributed by atoms with van der Waals surface area (Å²) in [5, 5.41) is 18.2. The van der Waals surface area contributed by atoms with E-state index in [2.05, 4.69) is 0 Å². The summed E-state index contributed by atoms with van der Waals surface area (Å²) in [7, 11) is 0. The molecule has 0 aromatic carbocycles. The maximum absolute atomic E-state index is 9.88. The van der Waals surface area contributed by atoms with Gasteiger partial charge in [-0.25, -0.2) is 0 Å². The second-order valence-corrected chi connectivity index (χ2v) is 2.07. The van der Waals surface area contributed by atoms with Crippen LogP contribution in [0.25, 0.3) is 0 Å². The highest BCUT2D eigenvalue weighted by Gasteiger charge is 1.89. The molecule has 0 fully saturated rings. The van der Waals surface area contributed by atoms with Crippen LogP contribution in [-0.4, -0.2) is 44.1 Å². The van der Waals surface area contributed by atoms with Gasteiger partial charge in [-0.3, -0.25) is 0 Å². The van der Waals surface area contributed by atoms with E-state index < -0.39 is 5.97 Å². The average Bonchev–Trinajstić information content (AvgIpc) is 2.02. The lowest BCUT2D eigenvalue weighted by molar-refractivity contribution is -0.306. The van der Waals surface area contributed by atoms with Crippen LogP contribution in [0.4, 0.5) is 0 Å². The number of ether oxygens (including phenoxy) is 2. The largest absolute Gasteiger partial charge is 0.550 e. The number of aliphatic carboxylic acids is 1. The second kappa shape index (κ2) is 8.45. The Morgan fingerprint density at radius 1 is 1.17 bits per heavy atom. The fraction of sp³-hybridized carbons (Fsp3) is 0.857. The summed E-state index contributed by atoms with van der Waals surface area (Å²) in [6.45, 7) is 1.12. The molecule has 0 aromatic rings. The summed E-state index contributed by atoms with van der Waals surface area (Å²) >= 11 is 0. The molecule has 0 aliphatic heterocycles. The SMILES string of the molecule is O=C([O-])CCOCCOCCO. The van der Waals surface area contributed by atoms with Crippen molar-refractivity contribution in [1.29, 1.82) is 0 Å². The zero-order valence-corrected chi connectivity index (χ0v) is 6.82. The number of hydrogen-bond donors (Lipinski definition) is 1. The quantitative estimate of drug-likeness (QED) is 0.440. The molecule has 72 valence electrons. The van der Waals surface area contributed by atoms with E-state index in [4.69, 9.17) is 14.6 Å². The van der Waals surface area contributed by atoms with E-state index in [0.717, 1.165) is 0 Å². The first-order chi connectivity index (χ1) is 5.77. The fourth-order valence-electron chi connectivity index (χ4n) is 0.542. The molecule has 0 spiro atoms. The Kier molecular flexibility index (Phi) is 7.99. The zero-order valence-electron chi connectivity index (χ0n) is 6.82. The van der Waals surface area contributed by atoms with E-state index in [-0.39, 0.29) is 26.2 Å². The molecule has 0 saturated heterocycles. The number of carbonyl (C=O) groups excluding carboxylic acids is 1. The third-order valence-electron chi connectivity index (χ3n) is 1.06. The first-order valence-corrected chi connectivity index (χ1v) is 3.73. The maximum atomic E-state index is 9.88.